The first-order chi connectivity index (χ1) is 42.9. The first kappa shape index (κ1) is 81.3. The Morgan fingerprint density at radius 2 is 0.934 bits per heavy atom. The van der Waals surface area contributed by atoms with Crippen LogP contribution in [0, 0.1) is 15.2 Å². The number of esters is 2. The molecular formula is C68H63Cl2F2IK2N4O8P2S2. The maximum atomic E-state index is 13.9. The zero-order valence-electron chi connectivity index (χ0n) is 50.5. The van der Waals surface area contributed by atoms with Gasteiger partial charge in [-0.1, -0.05) is 188 Å². The first-order valence-corrected chi connectivity index (χ1v) is 33.2. The molecule has 91 heavy (non-hydrogen) atoms. The third-order valence-corrected chi connectivity index (χ3v) is 19.1. The fraction of sp³-hybridized carbons (Fsp3) is 0.132. The Labute approximate surface area is 653 Å². The maximum Gasteiger partial charge on any atom is 1.00 e. The molecule has 0 radical (unpaired) electrons. The van der Waals surface area contributed by atoms with Crippen LogP contribution in [0.3, 0.4) is 0 Å². The van der Waals surface area contributed by atoms with Crippen LogP contribution in [-0.2, 0) is 28.7 Å². The fourth-order valence-corrected chi connectivity index (χ4v) is 14.7. The number of pyridine rings is 4. The van der Waals surface area contributed by atoms with Crippen molar-refractivity contribution in [2.24, 2.45) is 0 Å². The number of carbonyl (C=O) groups is 3. The second-order valence-electron chi connectivity index (χ2n) is 17.5. The molecule has 10 rings (SSSR count). The molecule has 6 aromatic carbocycles. The number of halogens is 5. The molecule has 0 fully saturated rings. The number of hydrogen-bond acceptors (Lipinski definition) is 14. The smallest absolute Gasteiger partial charge is 1.00 e. The quantitative estimate of drug-likeness (QED) is 0.00784. The molecule has 23 heteroatoms. The molecule has 12 nitrogen and oxygen atoms in total. The van der Waals surface area contributed by atoms with E-state index < -0.39 is 27.5 Å². The zero-order valence-corrected chi connectivity index (χ0v) is 62.9. The number of nitrogens with zero attached hydrogens (tertiary/aromatic N) is 4. The van der Waals surface area contributed by atoms with E-state index >= 15 is 0 Å². The van der Waals surface area contributed by atoms with Crippen LogP contribution in [0.4, 0.5) is 8.78 Å². The minimum atomic E-state index is -0.795. The molecule has 4 aromatic heterocycles. The van der Waals surface area contributed by atoms with E-state index in [0.717, 1.165) is 15.1 Å². The number of benzene rings is 6. The van der Waals surface area contributed by atoms with Crippen molar-refractivity contribution >= 4 is 136 Å². The number of ether oxygens (including phenoxy) is 3. The summed E-state index contributed by atoms with van der Waals surface area (Å²) in [6, 6.07) is 72.7. The topological polar surface area (TPSA) is 163 Å². The van der Waals surface area contributed by atoms with Crippen molar-refractivity contribution in [1.29, 1.82) is 0 Å². The van der Waals surface area contributed by atoms with Crippen LogP contribution < -0.4 is 145 Å². The molecule has 0 aliphatic heterocycles. The molecule has 0 atom stereocenters. The first-order valence-electron chi connectivity index (χ1n) is 27.0. The maximum absolute atomic E-state index is 13.9. The summed E-state index contributed by atoms with van der Waals surface area (Å²) in [7, 11) is -1.59. The molecule has 0 spiro atoms. The summed E-state index contributed by atoms with van der Waals surface area (Å²) < 4.78 is 44.5. The van der Waals surface area contributed by atoms with Crippen molar-refractivity contribution in [2.45, 2.75) is 39.0 Å². The summed E-state index contributed by atoms with van der Waals surface area (Å²) in [6.45, 7) is 4.19. The van der Waals surface area contributed by atoms with E-state index in [9.17, 15) is 18.4 Å². The number of aromatic nitrogens is 4. The number of hydrogen-bond donors (Lipinski definition) is 1. The van der Waals surface area contributed by atoms with E-state index in [1.165, 1.54) is 80.2 Å². The largest absolute Gasteiger partial charge is 1.00 e. The van der Waals surface area contributed by atoms with Crippen LogP contribution in [0.25, 0.3) is 22.8 Å². The molecule has 0 bridgehead atoms. The molecule has 0 N–H and O–H groups in total. The van der Waals surface area contributed by atoms with Crippen molar-refractivity contribution in [1.82, 2.24) is 19.9 Å². The molecular weight excluding hydrogens is 1440 g/mol. The van der Waals surface area contributed by atoms with Crippen molar-refractivity contribution in [3.63, 3.8) is 0 Å². The number of thiol groups is 1. The van der Waals surface area contributed by atoms with Crippen LogP contribution in [-0.4, -0.2) is 63.1 Å². The molecule has 462 valence electrons. The SMILES string of the molecule is C.CCOC(=O)CCS.CCOC(=O)CCSc1ccc(Cl)nc1-c1ncccc1F.Fc1cccnc1-c1nc(Cl)ccc1I.O=CO[O-].[H-].[K+].[K+].c1ccc(P(c2ccccc2)c2ccccc2Oc2ccccc2P(c2ccccc2)c2ccccc2)cc1. The molecule has 0 saturated heterocycles. The van der Waals surface area contributed by atoms with Gasteiger partial charge in [0, 0.05) is 43.0 Å². The van der Waals surface area contributed by atoms with Gasteiger partial charge in [0.05, 0.1) is 26.1 Å². The van der Waals surface area contributed by atoms with Crippen LogP contribution in [0.5, 0.6) is 11.5 Å². The van der Waals surface area contributed by atoms with Gasteiger partial charge in [-0.2, -0.15) is 12.6 Å². The van der Waals surface area contributed by atoms with Crippen molar-refractivity contribution in [2.75, 3.05) is 24.7 Å². The summed E-state index contributed by atoms with van der Waals surface area (Å²) in [5.41, 5.74) is 1.22. The second-order valence-corrected chi connectivity index (χ2v) is 25.4. The van der Waals surface area contributed by atoms with Crippen LogP contribution in [0.1, 0.15) is 35.5 Å². The van der Waals surface area contributed by atoms with E-state index in [4.69, 9.17) is 42.7 Å². The molecule has 0 aliphatic rings. The molecule has 0 saturated carbocycles. The van der Waals surface area contributed by atoms with Gasteiger partial charge in [-0.05, 0) is 134 Å². The third-order valence-electron chi connectivity index (χ3n) is 11.6. The third kappa shape index (κ3) is 27.0. The van der Waals surface area contributed by atoms with E-state index in [2.05, 4.69) is 235 Å². The van der Waals surface area contributed by atoms with Crippen LogP contribution in [0.2, 0.25) is 10.3 Å². The molecule has 4 heterocycles. The summed E-state index contributed by atoms with van der Waals surface area (Å²) in [4.78, 5) is 49.9. The van der Waals surface area contributed by atoms with Gasteiger partial charge in [0.15, 0.2) is 11.6 Å². The number of carbonyl (C=O) groups excluding carboxylic acids is 3. The number of thioether (sulfide) groups is 1. The predicted molar refractivity (Wildman–Crippen MR) is 370 cm³/mol. The van der Waals surface area contributed by atoms with Gasteiger partial charge in [0.2, 0.25) is 0 Å². The van der Waals surface area contributed by atoms with Gasteiger partial charge < -0.3 is 25.8 Å². The Morgan fingerprint density at radius 1 is 0.560 bits per heavy atom. The number of rotatable bonds is 19. The molecule has 0 aliphatic carbocycles. The minimum absolute atomic E-state index is 0. The van der Waals surface area contributed by atoms with Gasteiger partial charge in [-0.25, -0.2) is 18.7 Å². The van der Waals surface area contributed by atoms with E-state index in [1.807, 2.05) is 0 Å². The Morgan fingerprint density at radius 3 is 1.33 bits per heavy atom. The van der Waals surface area contributed by atoms with Crippen molar-refractivity contribution in [3.8, 4) is 34.3 Å². The Hall–Kier alpha value is -3.91. The summed E-state index contributed by atoms with van der Waals surface area (Å²) in [6.07, 6.45) is 3.70. The van der Waals surface area contributed by atoms with E-state index in [-0.39, 0.29) is 153 Å². The molecule has 0 unspecified atom stereocenters. The van der Waals surface area contributed by atoms with Gasteiger partial charge >= 0.3 is 115 Å². The standard InChI is InChI=1S/C36H28OP2.C15H14ClFN2O2S.C10H5ClFIN2.C5H10O2S.CH2O3.CH4.2K.H/c1-5-17-29(18-6-1)38(30-19-7-2-8-20-30)35-27-15-13-25-33(35)37-34-26-14-16-28-36(34)39(31-21-9-3-10-22-31)32-23-11-4-12-24-32;1-2-21-13(20)7-9-22-11-5-6-12(16)19-15(11)14-10(17)4-3-8-18-14;11-8-4-3-7(13)10(15-8)9-6(12)2-1-5-14-9;1-2-7-5(6)3-4-8;2-1-4-3;;;;/h1-28H;3-6,8H,2,7,9H2,1H3;1-5H;8H,2-4H2,1H3;1,3H;1H4;;;/q;;;;;;2*+1;-1/p-1. The average Bonchev–Trinajstić information content (AvgIpc) is 0.830. The van der Waals surface area contributed by atoms with Crippen molar-refractivity contribution in [3.05, 3.63) is 256 Å². The monoisotopic (exact) mass is 1500 g/mol. The van der Waals surface area contributed by atoms with Crippen LogP contribution in [0.15, 0.2) is 236 Å². The number of para-hydroxylation sites is 2. The van der Waals surface area contributed by atoms with Gasteiger partial charge in [-0.3, -0.25) is 24.4 Å². The average molecular weight is 1500 g/mol. The Bertz CT molecular complexity index is 3570. The summed E-state index contributed by atoms with van der Waals surface area (Å²) in [5, 5.41) is 16.7. The van der Waals surface area contributed by atoms with Crippen LogP contribution >= 0.6 is 86.0 Å². The minimum Gasteiger partial charge on any atom is -1.00 e. The van der Waals surface area contributed by atoms with E-state index in [1.54, 1.807) is 38.1 Å². The normalized spacial score (nSPS) is 9.97. The van der Waals surface area contributed by atoms with Crippen molar-refractivity contribution < 1.29 is 152 Å². The molecule has 0 amide bonds. The van der Waals surface area contributed by atoms with Gasteiger partial charge in [0.1, 0.15) is 44.6 Å². The van der Waals surface area contributed by atoms with Gasteiger partial charge in [0.25, 0.3) is 6.47 Å². The fourth-order valence-electron chi connectivity index (χ4n) is 7.95. The zero-order chi connectivity index (χ0) is 62.9. The molecule has 10 aromatic rings. The summed E-state index contributed by atoms with van der Waals surface area (Å²) in [5.74, 6) is 1.59. The Balaban J connectivity index is 0.000000460. The summed E-state index contributed by atoms with van der Waals surface area (Å²) >= 11 is 19.0. The van der Waals surface area contributed by atoms with Gasteiger partial charge in [-0.15, -0.1) is 11.8 Å². The second kappa shape index (κ2) is 46.3. The van der Waals surface area contributed by atoms with E-state index in [0.29, 0.717) is 52.6 Å². The predicted octanol–water partition coefficient (Wildman–Crippen LogP) is 8.58. The Kier molecular flexibility index (Phi) is 41.3.